The standard InChI is InChI=1S/C19H29NO/c1-4-17(5-2)15-20(6-3)16-19-13-8-7-11-18(19)12-9-10-14-21/h7-8,11,13,17,21H,4-6,10,14-16H2,1-3H3. The second kappa shape index (κ2) is 10.4. The van der Waals surface area contributed by atoms with Gasteiger partial charge in [0.2, 0.25) is 0 Å². The lowest BCUT2D eigenvalue weighted by atomic mass is 10.0. The van der Waals surface area contributed by atoms with Gasteiger partial charge in [-0.15, -0.1) is 0 Å². The second-order valence-electron chi connectivity index (χ2n) is 5.44. The van der Waals surface area contributed by atoms with E-state index in [4.69, 9.17) is 5.11 Å². The Hall–Kier alpha value is -1.30. The SMILES string of the molecule is CCC(CC)CN(CC)Cc1ccccc1C#CCCO. The molecule has 0 bridgehead atoms. The zero-order chi connectivity index (χ0) is 15.5. The van der Waals surface area contributed by atoms with E-state index in [-0.39, 0.29) is 6.61 Å². The minimum Gasteiger partial charge on any atom is -0.395 e. The number of hydrogen-bond acceptors (Lipinski definition) is 2. The van der Waals surface area contributed by atoms with E-state index in [1.807, 2.05) is 6.07 Å². The molecule has 2 heteroatoms. The Balaban J connectivity index is 2.78. The van der Waals surface area contributed by atoms with Crippen molar-refractivity contribution in [3.8, 4) is 11.8 Å². The molecule has 0 saturated carbocycles. The zero-order valence-electron chi connectivity index (χ0n) is 13.7. The lowest BCUT2D eigenvalue weighted by molar-refractivity contribution is 0.226. The summed E-state index contributed by atoms with van der Waals surface area (Å²) < 4.78 is 0. The number of rotatable bonds is 8. The molecule has 0 unspecified atom stereocenters. The molecule has 0 aliphatic rings. The minimum absolute atomic E-state index is 0.130. The number of hydrogen-bond donors (Lipinski definition) is 1. The fraction of sp³-hybridized carbons (Fsp3) is 0.579. The largest absolute Gasteiger partial charge is 0.395 e. The van der Waals surface area contributed by atoms with Gasteiger partial charge in [0, 0.05) is 25.1 Å². The van der Waals surface area contributed by atoms with E-state index in [0.717, 1.165) is 31.1 Å². The van der Waals surface area contributed by atoms with Gasteiger partial charge in [0.15, 0.2) is 0 Å². The summed E-state index contributed by atoms with van der Waals surface area (Å²) in [7, 11) is 0. The van der Waals surface area contributed by atoms with Crippen LogP contribution in [0.3, 0.4) is 0 Å². The molecule has 0 saturated heterocycles. The van der Waals surface area contributed by atoms with Crippen molar-refractivity contribution in [3.63, 3.8) is 0 Å². The predicted octanol–water partition coefficient (Wildman–Crippen LogP) is 3.68. The minimum atomic E-state index is 0.130. The van der Waals surface area contributed by atoms with Crippen molar-refractivity contribution < 1.29 is 5.11 Å². The summed E-state index contributed by atoms with van der Waals surface area (Å²) in [6.45, 7) is 10.1. The number of benzene rings is 1. The molecule has 0 aliphatic heterocycles. The van der Waals surface area contributed by atoms with Gasteiger partial charge >= 0.3 is 0 Å². The van der Waals surface area contributed by atoms with Crippen LogP contribution >= 0.6 is 0 Å². The first-order chi connectivity index (χ1) is 10.2. The summed E-state index contributed by atoms with van der Waals surface area (Å²) in [5.41, 5.74) is 2.38. The molecule has 0 heterocycles. The van der Waals surface area contributed by atoms with E-state index in [9.17, 15) is 0 Å². The van der Waals surface area contributed by atoms with Crippen LogP contribution in [0.4, 0.5) is 0 Å². The summed E-state index contributed by atoms with van der Waals surface area (Å²) in [4.78, 5) is 2.50. The Morgan fingerprint density at radius 1 is 1.14 bits per heavy atom. The van der Waals surface area contributed by atoms with Crippen molar-refractivity contribution in [2.75, 3.05) is 19.7 Å². The Labute approximate surface area is 130 Å². The van der Waals surface area contributed by atoms with Crippen molar-refractivity contribution in [3.05, 3.63) is 35.4 Å². The van der Waals surface area contributed by atoms with Crippen molar-refractivity contribution in [1.82, 2.24) is 4.90 Å². The third kappa shape index (κ3) is 6.33. The van der Waals surface area contributed by atoms with Gasteiger partial charge < -0.3 is 5.11 Å². The van der Waals surface area contributed by atoms with Gasteiger partial charge in [-0.2, -0.15) is 0 Å². The van der Waals surface area contributed by atoms with E-state index >= 15 is 0 Å². The Morgan fingerprint density at radius 3 is 2.48 bits per heavy atom. The maximum absolute atomic E-state index is 8.84. The molecule has 0 aromatic heterocycles. The highest BCUT2D eigenvalue weighted by Gasteiger charge is 2.11. The molecule has 0 fully saturated rings. The molecule has 0 atom stereocenters. The first kappa shape index (κ1) is 17.8. The van der Waals surface area contributed by atoms with E-state index in [0.29, 0.717) is 6.42 Å². The molecule has 0 spiro atoms. The van der Waals surface area contributed by atoms with Gasteiger partial charge in [-0.1, -0.05) is 63.7 Å². The highest BCUT2D eigenvalue weighted by Crippen LogP contribution is 2.15. The van der Waals surface area contributed by atoms with Gasteiger partial charge in [0.05, 0.1) is 6.61 Å². The second-order valence-corrected chi connectivity index (χ2v) is 5.44. The number of aliphatic hydroxyl groups is 1. The van der Waals surface area contributed by atoms with Crippen LogP contribution in [0.5, 0.6) is 0 Å². The summed E-state index contributed by atoms with van der Waals surface area (Å²) >= 11 is 0. The molecule has 1 aromatic rings. The van der Waals surface area contributed by atoms with E-state index < -0.39 is 0 Å². The lowest BCUT2D eigenvalue weighted by Crippen LogP contribution is -2.29. The van der Waals surface area contributed by atoms with Crippen LogP contribution in [-0.2, 0) is 6.54 Å². The predicted molar refractivity (Wildman–Crippen MR) is 90.0 cm³/mol. The molecule has 1 aromatic carbocycles. The van der Waals surface area contributed by atoms with Crippen LogP contribution in [-0.4, -0.2) is 29.7 Å². The lowest BCUT2D eigenvalue weighted by Gasteiger charge is -2.25. The monoisotopic (exact) mass is 287 g/mol. The Bertz CT molecular complexity index is 454. The van der Waals surface area contributed by atoms with Gasteiger partial charge in [-0.05, 0) is 24.1 Å². The van der Waals surface area contributed by atoms with E-state index in [1.165, 1.54) is 18.4 Å². The van der Waals surface area contributed by atoms with Crippen LogP contribution in [0.1, 0.15) is 51.2 Å². The Kier molecular flexibility index (Phi) is 8.82. The third-order valence-corrected chi connectivity index (χ3v) is 3.99. The maximum Gasteiger partial charge on any atom is 0.0540 e. The molecule has 116 valence electrons. The topological polar surface area (TPSA) is 23.5 Å². The average Bonchev–Trinajstić information content (AvgIpc) is 2.53. The zero-order valence-corrected chi connectivity index (χ0v) is 13.7. The summed E-state index contributed by atoms with van der Waals surface area (Å²) in [6, 6.07) is 8.35. The van der Waals surface area contributed by atoms with E-state index in [2.05, 4.69) is 55.7 Å². The van der Waals surface area contributed by atoms with Crippen LogP contribution in [0.2, 0.25) is 0 Å². The molecular formula is C19H29NO. The van der Waals surface area contributed by atoms with E-state index in [1.54, 1.807) is 0 Å². The average molecular weight is 287 g/mol. The van der Waals surface area contributed by atoms with Crippen LogP contribution in [0.25, 0.3) is 0 Å². The van der Waals surface area contributed by atoms with Crippen LogP contribution in [0, 0.1) is 17.8 Å². The highest BCUT2D eigenvalue weighted by molar-refractivity contribution is 5.41. The van der Waals surface area contributed by atoms with Gasteiger partial charge in [-0.3, -0.25) is 4.90 Å². The van der Waals surface area contributed by atoms with Crippen molar-refractivity contribution in [1.29, 1.82) is 0 Å². The summed E-state index contributed by atoms with van der Waals surface area (Å²) in [5.74, 6) is 6.99. The van der Waals surface area contributed by atoms with Gasteiger partial charge in [0.1, 0.15) is 0 Å². The van der Waals surface area contributed by atoms with Gasteiger partial charge in [-0.25, -0.2) is 0 Å². The van der Waals surface area contributed by atoms with Crippen LogP contribution in [0.15, 0.2) is 24.3 Å². The van der Waals surface area contributed by atoms with Crippen molar-refractivity contribution >= 4 is 0 Å². The third-order valence-electron chi connectivity index (χ3n) is 3.99. The normalized spacial score (nSPS) is 10.8. The molecule has 0 radical (unpaired) electrons. The molecule has 2 nitrogen and oxygen atoms in total. The fourth-order valence-corrected chi connectivity index (χ4v) is 2.45. The molecule has 1 N–H and O–H groups in total. The van der Waals surface area contributed by atoms with Crippen molar-refractivity contribution in [2.24, 2.45) is 5.92 Å². The molecule has 21 heavy (non-hydrogen) atoms. The first-order valence-electron chi connectivity index (χ1n) is 8.15. The maximum atomic E-state index is 8.84. The quantitative estimate of drug-likeness (QED) is 0.737. The summed E-state index contributed by atoms with van der Waals surface area (Å²) in [5, 5.41) is 8.84. The van der Waals surface area contributed by atoms with Crippen LogP contribution < -0.4 is 0 Å². The molecule has 0 aliphatic carbocycles. The van der Waals surface area contributed by atoms with Crippen molar-refractivity contribution in [2.45, 2.75) is 46.6 Å². The number of nitrogens with zero attached hydrogens (tertiary/aromatic N) is 1. The Morgan fingerprint density at radius 2 is 1.86 bits per heavy atom. The number of aliphatic hydroxyl groups excluding tert-OH is 1. The highest BCUT2D eigenvalue weighted by atomic mass is 16.2. The molecular weight excluding hydrogens is 258 g/mol. The van der Waals surface area contributed by atoms with Gasteiger partial charge in [0.25, 0.3) is 0 Å². The first-order valence-corrected chi connectivity index (χ1v) is 8.15. The summed E-state index contributed by atoms with van der Waals surface area (Å²) in [6.07, 6.45) is 3.02. The smallest absolute Gasteiger partial charge is 0.0540 e. The fourth-order valence-electron chi connectivity index (χ4n) is 2.45. The molecule has 0 amide bonds. The molecule has 1 rings (SSSR count).